The van der Waals surface area contributed by atoms with Crippen molar-refractivity contribution in [1.82, 2.24) is 0 Å². The van der Waals surface area contributed by atoms with Crippen LogP contribution in [0.25, 0.3) is 0 Å². The third kappa shape index (κ3) is 2.85. The van der Waals surface area contributed by atoms with Crippen LogP contribution in [0.1, 0.15) is 79.1 Å². The Bertz CT molecular complexity index is 573. The van der Waals surface area contributed by atoms with Crippen molar-refractivity contribution in [2.24, 2.45) is 34.5 Å². The highest BCUT2D eigenvalue weighted by molar-refractivity contribution is 5.12. The third-order valence-corrected chi connectivity index (χ3v) is 9.81. The molecule has 4 aliphatic carbocycles. The first kappa shape index (κ1) is 21.1. The molecule has 0 heterocycles. The van der Waals surface area contributed by atoms with Crippen LogP contribution < -0.4 is 0 Å². The van der Waals surface area contributed by atoms with Crippen molar-refractivity contribution in [3.63, 3.8) is 0 Å². The van der Waals surface area contributed by atoms with E-state index in [1.54, 1.807) is 0 Å². The molecule has 4 heteroatoms. The molecule has 0 saturated heterocycles. The number of ether oxygens (including phenoxy) is 3. The average Bonchev–Trinajstić information content (AvgIpc) is 2.95. The first-order valence-corrected chi connectivity index (χ1v) is 11.6. The second kappa shape index (κ2) is 7.21. The van der Waals surface area contributed by atoms with E-state index in [9.17, 15) is 5.11 Å². The van der Waals surface area contributed by atoms with E-state index in [-0.39, 0.29) is 29.1 Å². The molecule has 0 bridgehead atoms. The zero-order valence-corrected chi connectivity index (χ0v) is 18.9. The molecule has 1 N–H and O–H groups in total. The number of hydrogen-bond donors (Lipinski definition) is 1. The zero-order chi connectivity index (χ0) is 20.3. The standard InChI is InChI=1S/C24H42O4/c1-15(2)28-21-14-22(3)16(13-20(21)25)7-8-17-18(22)9-11-23(4)19(17)10-12-24(23,26-5)27-6/h15-21,25H,7-14H2,1-6H3/t16-,17+,18-,19-,20-,21-,22-,23-/m0/s1. The molecule has 4 nitrogen and oxygen atoms in total. The summed E-state index contributed by atoms with van der Waals surface area (Å²) in [4.78, 5) is 0. The second-order valence-corrected chi connectivity index (χ2v) is 11.0. The van der Waals surface area contributed by atoms with Gasteiger partial charge in [-0.25, -0.2) is 0 Å². The minimum Gasteiger partial charge on any atom is -0.390 e. The number of hydrogen-bond acceptors (Lipinski definition) is 4. The Balaban J connectivity index is 1.60. The Hall–Kier alpha value is -0.160. The normalized spacial score (nSPS) is 50.1. The van der Waals surface area contributed by atoms with E-state index in [0.29, 0.717) is 11.8 Å². The van der Waals surface area contributed by atoms with Gasteiger partial charge in [-0.05, 0) is 87.9 Å². The molecule has 0 spiro atoms. The van der Waals surface area contributed by atoms with Crippen molar-refractivity contribution in [3.05, 3.63) is 0 Å². The van der Waals surface area contributed by atoms with E-state index in [4.69, 9.17) is 14.2 Å². The van der Waals surface area contributed by atoms with Crippen molar-refractivity contribution >= 4 is 0 Å². The highest BCUT2D eigenvalue weighted by Gasteiger charge is 2.66. The van der Waals surface area contributed by atoms with E-state index >= 15 is 0 Å². The lowest BCUT2D eigenvalue weighted by Crippen LogP contribution is -2.59. The summed E-state index contributed by atoms with van der Waals surface area (Å²) in [6, 6.07) is 0. The van der Waals surface area contributed by atoms with Gasteiger partial charge in [0.2, 0.25) is 0 Å². The predicted molar refractivity (Wildman–Crippen MR) is 110 cm³/mol. The summed E-state index contributed by atoms with van der Waals surface area (Å²) in [5.74, 6) is 2.39. The van der Waals surface area contributed by atoms with Gasteiger partial charge in [-0.3, -0.25) is 0 Å². The minimum absolute atomic E-state index is 0.00562. The first-order valence-electron chi connectivity index (χ1n) is 11.6. The minimum atomic E-state index is -0.410. The van der Waals surface area contributed by atoms with E-state index in [2.05, 4.69) is 27.7 Å². The lowest BCUT2D eigenvalue weighted by atomic mass is 9.44. The van der Waals surface area contributed by atoms with Crippen molar-refractivity contribution in [1.29, 1.82) is 0 Å². The van der Waals surface area contributed by atoms with Crippen LogP contribution in [0.4, 0.5) is 0 Å². The highest BCUT2D eigenvalue weighted by Crippen LogP contribution is 2.69. The molecule has 0 aromatic carbocycles. The van der Waals surface area contributed by atoms with Gasteiger partial charge in [-0.1, -0.05) is 13.8 Å². The largest absolute Gasteiger partial charge is 0.390 e. The maximum Gasteiger partial charge on any atom is 0.173 e. The molecule has 4 aliphatic rings. The van der Waals surface area contributed by atoms with Crippen LogP contribution in [0.15, 0.2) is 0 Å². The fourth-order valence-corrected chi connectivity index (χ4v) is 8.45. The summed E-state index contributed by atoms with van der Waals surface area (Å²) in [5.41, 5.74) is 0.400. The molecule has 4 saturated carbocycles. The SMILES string of the molecule is COC1(OC)CC[C@H]2[C@@H]3CC[C@H]4C[C@H](O)[C@@H](OC(C)C)C[C@]4(C)[C@H]3CC[C@@]21C. The van der Waals surface area contributed by atoms with E-state index in [1.165, 1.54) is 32.1 Å². The number of rotatable bonds is 4. The summed E-state index contributed by atoms with van der Waals surface area (Å²) < 4.78 is 18.2. The van der Waals surface area contributed by atoms with Gasteiger partial charge in [0.05, 0.1) is 18.3 Å². The molecule has 4 rings (SSSR count). The smallest absolute Gasteiger partial charge is 0.173 e. The molecule has 0 aromatic rings. The summed E-state index contributed by atoms with van der Waals surface area (Å²) in [6.07, 6.45) is 9.02. The first-order chi connectivity index (χ1) is 13.2. The molecule has 0 unspecified atom stereocenters. The number of aliphatic hydroxyl groups excluding tert-OH is 1. The van der Waals surface area contributed by atoms with E-state index in [1.807, 2.05) is 14.2 Å². The van der Waals surface area contributed by atoms with Crippen LogP contribution in [0.3, 0.4) is 0 Å². The fourth-order valence-electron chi connectivity index (χ4n) is 8.45. The van der Waals surface area contributed by atoms with Crippen LogP contribution in [0.2, 0.25) is 0 Å². The van der Waals surface area contributed by atoms with Crippen molar-refractivity contribution in [3.8, 4) is 0 Å². The molecule has 0 aliphatic heterocycles. The third-order valence-electron chi connectivity index (χ3n) is 9.81. The molecule has 0 aromatic heterocycles. The van der Waals surface area contributed by atoms with Crippen molar-refractivity contribution in [2.75, 3.05) is 14.2 Å². The van der Waals surface area contributed by atoms with Crippen LogP contribution in [0, 0.1) is 34.5 Å². The van der Waals surface area contributed by atoms with E-state index < -0.39 is 5.79 Å². The van der Waals surface area contributed by atoms with Crippen LogP contribution in [0.5, 0.6) is 0 Å². The molecular formula is C24H42O4. The van der Waals surface area contributed by atoms with Gasteiger partial charge < -0.3 is 19.3 Å². The maximum absolute atomic E-state index is 10.7. The average molecular weight is 395 g/mol. The summed E-state index contributed by atoms with van der Waals surface area (Å²) in [6.45, 7) is 9.13. The van der Waals surface area contributed by atoms with Crippen LogP contribution in [-0.2, 0) is 14.2 Å². The fraction of sp³-hybridized carbons (Fsp3) is 1.00. The Kier molecular flexibility index (Phi) is 5.43. The van der Waals surface area contributed by atoms with Crippen LogP contribution in [-0.4, -0.2) is 43.4 Å². The van der Waals surface area contributed by atoms with Crippen molar-refractivity contribution < 1.29 is 19.3 Å². The molecule has 0 radical (unpaired) electrons. The topological polar surface area (TPSA) is 47.9 Å². The Morgan fingerprint density at radius 2 is 1.61 bits per heavy atom. The number of fused-ring (bicyclic) bond motifs is 5. The Labute approximate surface area is 171 Å². The van der Waals surface area contributed by atoms with Crippen LogP contribution >= 0.6 is 0 Å². The summed E-state index contributed by atoms with van der Waals surface area (Å²) >= 11 is 0. The van der Waals surface area contributed by atoms with E-state index in [0.717, 1.165) is 31.1 Å². The zero-order valence-electron chi connectivity index (χ0n) is 18.9. The lowest BCUT2D eigenvalue weighted by molar-refractivity contribution is -0.282. The quantitative estimate of drug-likeness (QED) is 0.697. The summed E-state index contributed by atoms with van der Waals surface area (Å²) in [7, 11) is 3.66. The highest BCUT2D eigenvalue weighted by atomic mass is 16.7. The number of aliphatic hydroxyl groups is 1. The second-order valence-electron chi connectivity index (χ2n) is 11.0. The predicted octanol–water partition coefficient (Wildman–Crippen LogP) is 4.78. The molecule has 0 amide bonds. The molecule has 8 atom stereocenters. The van der Waals surface area contributed by atoms with Gasteiger partial charge in [-0.2, -0.15) is 0 Å². The van der Waals surface area contributed by atoms with Gasteiger partial charge in [0.15, 0.2) is 5.79 Å². The lowest BCUT2D eigenvalue weighted by Gasteiger charge is -2.62. The molecule has 28 heavy (non-hydrogen) atoms. The van der Waals surface area contributed by atoms with Gasteiger partial charge in [-0.15, -0.1) is 0 Å². The van der Waals surface area contributed by atoms with Gasteiger partial charge in [0.1, 0.15) is 0 Å². The van der Waals surface area contributed by atoms with Gasteiger partial charge in [0.25, 0.3) is 0 Å². The monoisotopic (exact) mass is 394 g/mol. The summed E-state index contributed by atoms with van der Waals surface area (Å²) in [5, 5.41) is 10.7. The van der Waals surface area contributed by atoms with Gasteiger partial charge in [0, 0.05) is 26.1 Å². The molecule has 4 fully saturated rings. The van der Waals surface area contributed by atoms with Gasteiger partial charge >= 0.3 is 0 Å². The molecular weight excluding hydrogens is 352 g/mol. The number of methoxy groups -OCH3 is 2. The maximum atomic E-state index is 10.7. The Morgan fingerprint density at radius 3 is 2.25 bits per heavy atom. The molecule has 162 valence electrons. The van der Waals surface area contributed by atoms with Crippen molar-refractivity contribution in [2.45, 2.75) is 103 Å². The Morgan fingerprint density at radius 1 is 0.929 bits per heavy atom.